The first-order chi connectivity index (χ1) is 12.1. The molecule has 4 rings (SSSR count). The Balaban J connectivity index is 1.57. The molecule has 0 atom stereocenters. The van der Waals surface area contributed by atoms with Crippen molar-refractivity contribution < 1.29 is 0 Å². The fourth-order valence-electron chi connectivity index (χ4n) is 3.69. The molecule has 0 aliphatic carbocycles. The average Bonchev–Trinajstić information content (AvgIpc) is 2.98. The van der Waals surface area contributed by atoms with Gasteiger partial charge in [-0.15, -0.1) is 0 Å². The molecule has 0 bridgehead atoms. The van der Waals surface area contributed by atoms with Crippen LogP contribution in [0.2, 0.25) is 0 Å². The van der Waals surface area contributed by atoms with Crippen molar-refractivity contribution in [1.82, 2.24) is 19.9 Å². The molecule has 0 saturated heterocycles. The summed E-state index contributed by atoms with van der Waals surface area (Å²) in [7, 11) is 0. The Morgan fingerprint density at radius 2 is 2.20 bits per heavy atom. The van der Waals surface area contributed by atoms with Crippen LogP contribution in [0.3, 0.4) is 0 Å². The van der Waals surface area contributed by atoms with E-state index in [2.05, 4.69) is 58.1 Å². The van der Waals surface area contributed by atoms with Crippen LogP contribution in [-0.4, -0.2) is 26.4 Å². The van der Waals surface area contributed by atoms with E-state index < -0.39 is 0 Å². The van der Waals surface area contributed by atoms with Crippen molar-refractivity contribution in [3.8, 4) is 0 Å². The first-order valence-electron chi connectivity index (χ1n) is 9.04. The highest BCUT2D eigenvalue weighted by molar-refractivity contribution is 5.83. The summed E-state index contributed by atoms with van der Waals surface area (Å²) in [6, 6.07) is 6.50. The van der Waals surface area contributed by atoms with E-state index in [0.29, 0.717) is 6.54 Å². The summed E-state index contributed by atoms with van der Waals surface area (Å²) in [5.41, 5.74) is 5.57. The molecule has 0 saturated carbocycles. The van der Waals surface area contributed by atoms with E-state index in [9.17, 15) is 4.79 Å². The Labute approximate surface area is 147 Å². The molecule has 25 heavy (non-hydrogen) atoms. The third kappa shape index (κ3) is 3.12. The minimum Gasteiger partial charge on any atom is -0.361 e. The molecule has 0 unspecified atom stereocenters. The van der Waals surface area contributed by atoms with Gasteiger partial charge < -0.3 is 9.97 Å². The van der Waals surface area contributed by atoms with Crippen molar-refractivity contribution in [2.24, 2.45) is 0 Å². The number of hydrogen-bond acceptors (Lipinski definition) is 3. The van der Waals surface area contributed by atoms with Gasteiger partial charge in [0.25, 0.3) is 5.56 Å². The average molecular weight is 336 g/mol. The summed E-state index contributed by atoms with van der Waals surface area (Å²) in [5.74, 6) is 0.826. The van der Waals surface area contributed by atoms with Gasteiger partial charge in [-0.05, 0) is 30.5 Å². The molecule has 0 spiro atoms. The zero-order chi connectivity index (χ0) is 17.4. The summed E-state index contributed by atoms with van der Waals surface area (Å²) in [5, 5.41) is 1.27. The van der Waals surface area contributed by atoms with Gasteiger partial charge in [-0.1, -0.05) is 19.1 Å². The maximum atomic E-state index is 12.4. The molecule has 0 fully saturated rings. The number of nitrogens with zero attached hydrogens (tertiary/aromatic N) is 2. The lowest BCUT2D eigenvalue weighted by Crippen LogP contribution is -2.35. The van der Waals surface area contributed by atoms with Crippen molar-refractivity contribution >= 4 is 10.9 Å². The van der Waals surface area contributed by atoms with Gasteiger partial charge in [0.2, 0.25) is 0 Å². The maximum absolute atomic E-state index is 12.4. The Kier molecular flexibility index (Phi) is 4.17. The van der Waals surface area contributed by atoms with E-state index in [1.165, 1.54) is 22.0 Å². The number of nitrogens with one attached hydrogen (secondary N) is 2. The predicted octanol–water partition coefficient (Wildman–Crippen LogP) is 3.07. The molecular weight excluding hydrogens is 312 g/mol. The van der Waals surface area contributed by atoms with Crippen molar-refractivity contribution in [3.05, 3.63) is 63.0 Å². The second kappa shape index (κ2) is 6.48. The van der Waals surface area contributed by atoms with Gasteiger partial charge in [-0.3, -0.25) is 9.69 Å². The van der Waals surface area contributed by atoms with Crippen LogP contribution in [0.25, 0.3) is 10.9 Å². The molecule has 0 amide bonds. The van der Waals surface area contributed by atoms with E-state index in [1.807, 2.05) is 0 Å². The molecule has 2 N–H and O–H groups in total. The van der Waals surface area contributed by atoms with Crippen LogP contribution in [0.15, 0.2) is 29.2 Å². The van der Waals surface area contributed by atoms with Crippen LogP contribution in [0, 0.1) is 6.92 Å². The van der Waals surface area contributed by atoms with Crippen LogP contribution >= 0.6 is 0 Å². The molecule has 5 heteroatoms. The number of aromatic nitrogens is 3. The Bertz CT molecular complexity index is 969. The van der Waals surface area contributed by atoms with E-state index in [4.69, 9.17) is 0 Å². The lowest BCUT2D eigenvalue weighted by Gasteiger charge is -2.27. The Morgan fingerprint density at radius 1 is 1.32 bits per heavy atom. The van der Waals surface area contributed by atoms with Gasteiger partial charge in [0.1, 0.15) is 5.82 Å². The quantitative estimate of drug-likeness (QED) is 0.769. The van der Waals surface area contributed by atoms with Crippen molar-refractivity contribution in [2.75, 3.05) is 6.54 Å². The van der Waals surface area contributed by atoms with E-state index in [-0.39, 0.29) is 5.56 Å². The molecule has 1 aliphatic heterocycles. The summed E-state index contributed by atoms with van der Waals surface area (Å²) in [6.45, 7) is 6.66. The number of aromatic amines is 2. The molecule has 0 radical (unpaired) electrons. The van der Waals surface area contributed by atoms with Crippen molar-refractivity contribution in [2.45, 2.75) is 46.2 Å². The highest BCUT2D eigenvalue weighted by Gasteiger charge is 2.21. The molecule has 3 aromatic rings. The lowest BCUT2D eigenvalue weighted by molar-refractivity contribution is 0.242. The summed E-state index contributed by atoms with van der Waals surface area (Å²) >= 11 is 0. The van der Waals surface area contributed by atoms with Gasteiger partial charge >= 0.3 is 0 Å². The second-order valence-electron chi connectivity index (χ2n) is 7.01. The van der Waals surface area contributed by atoms with Crippen LogP contribution in [0.5, 0.6) is 0 Å². The summed E-state index contributed by atoms with van der Waals surface area (Å²) in [6.07, 6.45) is 4.76. The highest BCUT2D eigenvalue weighted by atomic mass is 16.1. The smallest absolute Gasteiger partial charge is 0.255 e. The topological polar surface area (TPSA) is 64.8 Å². The fraction of sp³-hybridized carbons (Fsp3) is 0.400. The molecule has 5 nitrogen and oxygen atoms in total. The predicted molar refractivity (Wildman–Crippen MR) is 99.7 cm³/mol. The van der Waals surface area contributed by atoms with Crippen LogP contribution in [0.1, 0.15) is 41.6 Å². The first-order valence-corrected chi connectivity index (χ1v) is 9.04. The van der Waals surface area contributed by atoms with E-state index >= 15 is 0 Å². The Hall–Kier alpha value is -2.40. The largest absolute Gasteiger partial charge is 0.361 e. The van der Waals surface area contributed by atoms with Crippen molar-refractivity contribution in [3.63, 3.8) is 0 Å². The molecule has 130 valence electrons. The van der Waals surface area contributed by atoms with E-state index in [0.717, 1.165) is 49.4 Å². The lowest BCUT2D eigenvalue weighted by atomic mass is 10.1. The molecular formula is C20H24N4O. The zero-order valence-corrected chi connectivity index (χ0v) is 14.9. The summed E-state index contributed by atoms with van der Waals surface area (Å²) < 4.78 is 0. The third-order valence-corrected chi connectivity index (χ3v) is 5.00. The second-order valence-corrected chi connectivity index (χ2v) is 7.01. The van der Waals surface area contributed by atoms with Gasteiger partial charge in [0, 0.05) is 49.6 Å². The van der Waals surface area contributed by atoms with Crippen LogP contribution in [-0.2, 0) is 25.9 Å². The highest BCUT2D eigenvalue weighted by Crippen LogP contribution is 2.23. The zero-order valence-electron chi connectivity index (χ0n) is 14.9. The van der Waals surface area contributed by atoms with Crippen LogP contribution < -0.4 is 5.56 Å². The summed E-state index contributed by atoms with van der Waals surface area (Å²) in [4.78, 5) is 25.7. The molecule has 3 heterocycles. The van der Waals surface area contributed by atoms with Gasteiger partial charge in [-0.25, -0.2) is 4.98 Å². The minimum absolute atomic E-state index is 0.0349. The number of aryl methyl sites for hydroxylation is 2. The normalized spacial score (nSPS) is 14.8. The number of H-pyrrole nitrogens is 2. The molecule has 1 aromatic carbocycles. The van der Waals surface area contributed by atoms with Gasteiger partial charge in [0.15, 0.2) is 0 Å². The Morgan fingerprint density at radius 3 is 3.04 bits per heavy atom. The first kappa shape index (κ1) is 16.1. The standard InChI is InChI=1S/C20H24N4O/c1-3-4-19-22-17-7-8-24(12-16(17)20(25)23-19)11-14-10-21-18-9-13(2)5-6-15(14)18/h5-6,9-10,21H,3-4,7-8,11-12H2,1-2H3,(H,22,23,25). The third-order valence-electron chi connectivity index (χ3n) is 5.00. The van der Waals surface area contributed by atoms with Crippen LogP contribution in [0.4, 0.5) is 0 Å². The van der Waals surface area contributed by atoms with E-state index in [1.54, 1.807) is 0 Å². The van der Waals surface area contributed by atoms with Crippen molar-refractivity contribution in [1.29, 1.82) is 0 Å². The van der Waals surface area contributed by atoms with Gasteiger partial charge in [-0.2, -0.15) is 0 Å². The fourth-order valence-corrected chi connectivity index (χ4v) is 3.69. The SMILES string of the molecule is CCCc1nc2c(c(=O)[nH]1)CN(Cc1c[nH]c3cc(C)ccc13)CC2. The number of benzene rings is 1. The minimum atomic E-state index is 0.0349. The van der Waals surface area contributed by atoms with Gasteiger partial charge in [0.05, 0.1) is 11.3 Å². The molecule has 1 aliphatic rings. The maximum Gasteiger partial charge on any atom is 0.255 e. The monoisotopic (exact) mass is 336 g/mol. The molecule has 2 aromatic heterocycles. The number of rotatable bonds is 4. The number of fused-ring (bicyclic) bond motifs is 2. The number of hydrogen-bond donors (Lipinski definition) is 2.